The molecule has 0 aromatic carbocycles. The number of aryl methyl sites for hydroxylation is 1. The second-order valence-electron chi connectivity index (χ2n) is 5.04. The van der Waals surface area contributed by atoms with Crippen LogP contribution in [0, 0.1) is 12.8 Å². The first-order chi connectivity index (χ1) is 8.46. The Morgan fingerprint density at radius 1 is 1.33 bits per heavy atom. The molecule has 0 saturated heterocycles. The Morgan fingerprint density at radius 2 is 2.00 bits per heavy atom. The molecule has 0 aliphatic heterocycles. The van der Waals surface area contributed by atoms with Gasteiger partial charge in [0.25, 0.3) is 0 Å². The second-order valence-corrected chi connectivity index (χ2v) is 8.44. The van der Waals surface area contributed by atoms with Crippen molar-refractivity contribution in [1.29, 1.82) is 0 Å². The molecule has 1 heterocycles. The summed E-state index contributed by atoms with van der Waals surface area (Å²) in [5.41, 5.74) is 0. The Bertz CT molecular complexity index is 522. The predicted octanol–water partition coefficient (Wildman–Crippen LogP) is 2.84. The molecule has 0 radical (unpaired) electrons. The molecule has 1 aliphatic rings. The van der Waals surface area contributed by atoms with Gasteiger partial charge in [-0.05, 0) is 37.8 Å². The monoisotopic (exact) mass is 286 g/mol. The molecular formula is C13H18O3S2. The van der Waals surface area contributed by atoms with Crippen LogP contribution >= 0.6 is 11.3 Å². The molecule has 0 amide bonds. The maximum Gasteiger partial charge on any atom is 0.187 e. The summed E-state index contributed by atoms with van der Waals surface area (Å²) in [6, 6.07) is 3.56. The smallest absolute Gasteiger partial charge is 0.187 e. The lowest BCUT2D eigenvalue weighted by Gasteiger charge is -2.08. The minimum atomic E-state index is -3.25. The highest BCUT2D eigenvalue weighted by Crippen LogP contribution is 2.26. The van der Waals surface area contributed by atoms with Gasteiger partial charge in [-0.2, -0.15) is 0 Å². The van der Waals surface area contributed by atoms with Crippen LogP contribution in [0.4, 0.5) is 0 Å². The molecule has 1 aliphatic carbocycles. The van der Waals surface area contributed by atoms with Gasteiger partial charge in [0.15, 0.2) is 15.6 Å². The fraction of sp³-hybridized carbons (Fsp3) is 0.615. The average Bonchev–Trinajstić information content (AvgIpc) is 2.87. The van der Waals surface area contributed by atoms with Gasteiger partial charge >= 0.3 is 0 Å². The first kappa shape index (κ1) is 13.7. The molecule has 1 aromatic rings. The van der Waals surface area contributed by atoms with E-state index in [1.807, 2.05) is 13.0 Å². The molecule has 1 fully saturated rings. The van der Waals surface area contributed by atoms with Crippen LogP contribution in [-0.2, 0) is 9.84 Å². The number of rotatable bonds is 5. The van der Waals surface area contributed by atoms with Crippen LogP contribution in [-0.4, -0.2) is 25.7 Å². The highest BCUT2D eigenvalue weighted by molar-refractivity contribution is 7.92. The van der Waals surface area contributed by atoms with E-state index in [0.29, 0.717) is 4.88 Å². The first-order valence-electron chi connectivity index (χ1n) is 6.26. The van der Waals surface area contributed by atoms with Crippen LogP contribution in [0.2, 0.25) is 0 Å². The molecular weight excluding hydrogens is 268 g/mol. The van der Waals surface area contributed by atoms with Crippen molar-refractivity contribution >= 4 is 27.0 Å². The van der Waals surface area contributed by atoms with Crippen LogP contribution in [0.15, 0.2) is 12.1 Å². The first-order valence-corrected chi connectivity index (χ1v) is 8.90. The molecule has 5 heteroatoms. The summed E-state index contributed by atoms with van der Waals surface area (Å²) in [7, 11) is -3.25. The minimum Gasteiger partial charge on any atom is -0.292 e. The topological polar surface area (TPSA) is 51.2 Å². The number of Topliss-reactive ketones (excluding diaryl/α,β-unsaturated/α-hetero) is 1. The van der Waals surface area contributed by atoms with Crippen molar-refractivity contribution in [2.45, 2.75) is 32.6 Å². The number of hydrogen-bond acceptors (Lipinski definition) is 4. The van der Waals surface area contributed by atoms with Gasteiger partial charge in [0, 0.05) is 4.88 Å². The Balaban J connectivity index is 1.97. The van der Waals surface area contributed by atoms with Crippen LogP contribution in [0.5, 0.6) is 0 Å². The second kappa shape index (κ2) is 5.53. The van der Waals surface area contributed by atoms with Gasteiger partial charge in [-0.3, -0.25) is 4.79 Å². The summed E-state index contributed by atoms with van der Waals surface area (Å²) in [6.07, 6.45) is 4.23. The number of ketones is 1. The molecule has 0 spiro atoms. The normalized spacial score (nSPS) is 17.2. The van der Waals surface area contributed by atoms with Crippen molar-refractivity contribution in [3.63, 3.8) is 0 Å². The Morgan fingerprint density at radius 3 is 2.56 bits per heavy atom. The zero-order valence-corrected chi connectivity index (χ0v) is 12.1. The third-order valence-electron chi connectivity index (χ3n) is 3.33. The van der Waals surface area contributed by atoms with Crippen LogP contribution in [0.25, 0.3) is 0 Å². The van der Waals surface area contributed by atoms with E-state index in [1.165, 1.54) is 11.3 Å². The third-order valence-corrected chi connectivity index (χ3v) is 6.05. The minimum absolute atomic E-state index is 0.184. The van der Waals surface area contributed by atoms with Gasteiger partial charge in [-0.1, -0.05) is 12.8 Å². The highest BCUT2D eigenvalue weighted by atomic mass is 32.2. The lowest BCUT2D eigenvalue weighted by atomic mass is 10.1. The Hall–Kier alpha value is -0.680. The summed E-state index contributed by atoms with van der Waals surface area (Å²) < 4.78 is 23.9. The quantitative estimate of drug-likeness (QED) is 0.782. The van der Waals surface area contributed by atoms with Crippen molar-refractivity contribution < 1.29 is 13.2 Å². The molecule has 2 rings (SSSR count). The lowest BCUT2D eigenvalue weighted by Crippen LogP contribution is -2.22. The number of sulfone groups is 1. The number of thiophene rings is 1. The molecule has 0 atom stereocenters. The van der Waals surface area contributed by atoms with Crippen molar-refractivity contribution in [3.05, 3.63) is 21.9 Å². The fourth-order valence-corrected chi connectivity index (χ4v) is 5.07. The SMILES string of the molecule is Cc1ccc(C(=O)CS(=O)(=O)CC2CCCC2)s1. The molecule has 0 unspecified atom stereocenters. The van der Waals surface area contributed by atoms with Crippen molar-refractivity contribution in [1.82, 2.24) is 0 Å². The van der Waals surface area contributed by atoms with E-state index in [-0.39, 0.29) is 23.2 Å². The molecule has 100 valence electrons. The van der Waals surface area contributed by atoms with E-state index in [9.17, 15) is 13.2 Å². The van der Waals surface area contributed by atoms with Crippen LogP contribution < -0.4 is 0 Å². The third kappa shape index (κ3) is 3.65. The largest absolute Gasteiger partial charge is 0.292 e. The van der Waals surface area contributed by atoms with Gasteiger partial charge in [-0.25, -0.2) is 8.42 Å². The zero-order valence-electron chi connectivity index (χ0n) is 10.5. The Kier molecular flexibility index (Phi) is 4.22. The van der Waals surface area contributed by atoms with Crippen LogP contribution in [0.1, 0.15) is 40.2 Å². The van der Waals surface area contributed by atoms with Gasteiger partial charge in [-0.15, -0.1) is 11.3 Å². The van der Waals surface area contributed by atoms with E-state index in [4.69, 9.17) is 0 Å². The lowest BCUT2D eigenvalue weighted by molar-refractivity contribution is 0.102. The van der Waals surface area contributed by atoms with Gasteiger partial charge in [0.05, 0.1) is 10.6 Å². The molecule has 0 bridgehead atoms. The molecule has 3 nitrogen and oxygen atoms in total. The summed E-state index contributed by atoms with van der Waals surface area (Å²) in [4.78, 5) is 13.5. The standard InChI is InChI=1S/C13H18O3S2/c1-10-6-7-13(17-10)12(14)9-18(15,16)8-11-4-2-3-5-11/h6-7,11H,2-5,8-9H2,1H3. The molecule has 1 aromatic heterocycles. The average molecular weight is 286 g/mol. The number of hydrogen-bond donors (Lipinski definition) is 0. The van der Waals surface area contributed by atoms with Gasteiger partial charge in [0.1, 0.15) is 5.75 Å². The molecule has 1 saturated carbocycles. The van der Waals surface area contributed by atoms with Crippen molar-refractivity contribution in [2.24, 2.45) is 5.92 Å². The zero-order chi connectivity index (χ0) is 13.2. The van der Waals surface area contributed by atoms with E-state index >= 15 is 0 Å². The van der Waals surface area contributed by atoms with E-state index in [2.05, 4.69) is 0 Å². The van der Waals surface area contributed by atoms with Crippen LogP contribution in [0.3, 0.4) is 0 Å². The van der Waals surface area contributed by atoms with Crippen molar-refractivity contribution in [3.8, 4) is 0 Å². The Labute approximate surface area is 112 Å². The molecule has 0 N–H and O–H groups in total. The summed E-state index contributed by atoms with van der Waals surface area (Å²) in [5.74, 6) is -0.133. The number of carbonyl (C=O) groups is 1. The summed E-state index contributed by atoms with van der Waals surface area (Å²) in [5, 5.41) is 0. The highest BCUT2D eigenvalue weighted by Gasteiger charge is 2.25. The van der Waals surface area contributed by atoms with Gasteiger partial charge < -0.3 is 0 Å². The number of carbonyl (C=O) groups excluding carboxylic acids is 1. The van der Waals surface area contributed by atoms with Crippen molar-refractivity contribution in [2.75, 3.05) is 11.5 Å². The fourth-order valence-electron chi connectivity index (χ4n) is 2.45. The maximum absolute atomic E-state index is 12.0. The van der Waals surface area contributed by atoms with E-state index < -0.39 is 9.84 Å². The van der Waals surface area contributed by atoms with E-state index in [0.717, 1.165) is 30.6 Å². The summed E-state index contributed by atoms with van der Waals surface area (Å²) in [6.45, 7) is 1.91. The predicted molar refractivity (Wildman–Crippen MR) is 74.0 cm³/mol. The van der Waals surface area contributed by atoms with Gasteiger partial charge in [0.2, 0.25) is 0 Å². The van der Waals surface area contributed by atoms with E-state index in [1.54, 1.807) is 6.07 Å². The molecule has 18 heavy (non-hydrogen) atoms. The summed E-state index contributed by atoms with van der Waals surface area (Å²) >= 11 is 1.37. The maximum atomic E-state index is 12.0.